The molecule has 0 saturated heterocycles. The maximum absolute atomic E-state index is 10.5. The Morgan fingerprint density at radius 3 is 1.02 bits per heavy atom. The fraction of sp³-hybridized carbons (Fsp3) is 0.0256. The number of hydrogen-bond acceptors (Lipinski definition) is 8. The largest absolute Gasteiger partial charge is 0.324 e. The van der Waals surface area contributed by atoms with E-state index in [9.17, 15) is 8.42 Å². The van der Waals surface area contributed by atoms with Crippen LogP contribution in [0.4, 0.5) is 0 Å². The molecule has 0 fully saturated rings. The average molecular weight is 717 g/mol. The summed E-state index contributed by atoms with van der Waals surface area (Å²) in [6.07, 6.45) is 0. The standard InChI is InChI=1S/C32H18N8.C7H8O3S.Al.3H/c1-2-10-18-17(9-1)25-33-26(18)38-28-21-13-5-6-14-22(21)30(35-28)40-32-24-16-8-7-15-23(24)31(36-32)39-29-20-12-4-3-11-19(20)27(34-29)37-25;1-6-2-4-7(5-3-6)11(8,9)10;;;;/h1-16H,(H2,33,34,35,36,37,38,39,40);2-5H,1H3,(H,8,9,10);;;;. The third kappa shape index (κ3) is 5.81. The van der Waals surface area contributed by atoms with Gasteiger partial charge in [-0.2, -0.15) is 8.42 Å². The first kappa shape index (κ1) is 33.1. The van der Waals surface area contributed by atoms with Crippen molar-refractivity contribution in [2.24, 2.45) is 0 Å². The number of fused-ring (bicyclic) bond motifs is 20. The highest BCUT2D eigenvalue weighted by Crippen LogP contribution is 2.36. The van der Waals surface area contributed by atoms with Crippen molar-refractivity contribution in [1.29, 1.82) is 0 Å². The number of aromatic nitrogens is 8. The van der Waals surface area contributed by atoms with Gasteiger partial charge in [0.2, 0.25) is 0 Å². The van der Waals surface area contributed by atoms with Crippen LogP contribution in [0.1, 0.15) is 5.56 Å². The number of H-pyrrole nitrogens is 2. The van der Waals surface area contributed by atoms with E-state index in [1.54, 1.807) is 12.1 Å². The van der Waals surface area contributed by atoms with Crippen LogP contribution in [0.2, 0.25) is 0 Å². The molecule has 0 atom stereocenters. The van der Waals surface area contributed by atoms with Gasteiger partial charge in [-0.25, -0.2) is 29.9 Å². The smallest absolute Gasteiger partial charge is 0.294 e. The van der Waals surface area contributed by atoms with Crippen molar-refractivity contribution in [2.45, 2.75) is 11.8 Å². The van der Waals surface area contributed by atoms with Crippen molar-refractivity contribution < 1.29 is 13.0 Å². The Hall–Kier alpha value is -6.10. The zero-order valence-corrected chi connectivity index (χ0v) is 27.7. The lowest BCUT2D eigenvalue weighted by atomic mass is 10.1. The molecular weight excluding hydrogens is 688 g/mol. The third-order valence-corrected chi connectivity index (χ3v) is 9.65. The lowest BCUT2D eigenvalue weighted by Crippen LogP contribution is -1.96. The number of benzene rings is 5. The van der Waals surface area contributed by atoms with Crippen molar-refractivity contribution in [3.8, 4) is 45.6 Å². The van der Waals surface area contributed by atoms with Gasteiger partial charge < -0.3 is 9.97 Å². The minimum Gasteiger partial charge on any atom is -0.324 e. The quantitative estimate of drug-likeness (QED) is 0.121. The molecule has 10 rings (SSSR count). The monoisotopic (exact) mass is 716 g/mol. The Bertz CT molecular complexity index is 2660. The highest BCUT2D eigenvalue weighted by atomic mass is 32.2. The van der Waals surface area contributed by atoms with E-state index in [-0.39, 0.29) is 22.3 Å². The summed E-state index contributed by atoms with van der Waals surface area (Å²) in [7, 11) is -4.02. The molecule has 8 bridgehead atoms. The summed E-state index contributed by atoms with van der Waals surface area (Å²) < 4.78 is 29.6. The molecule has 3 aromatic heterocycles. The van der Waals surface area contributed by atoms with E-state index in [0.29, 0.717) is 45.9 Å². The molecule has 2 aliphatic rings. The fourth-order valence-corrected chi connectivity index (χ4v) is 6.78. The minimum absolute atomic E-state index is 0. The van der Waals surface area contributed by atoms with Gasteiger partial charge >= 0.3 is 0 Å². The lowest BCUT2D eigenvalue weighted by molar-refractivity contribution is 0.483. The maximum Gasteiger partial charge on any atom is 0.294 e. The van der Waals surface area contributed by atoms with Crippen molar-refractivity contribution in [2.75, 3.05) is 0 Å². The van der Waals surface area contributed by atoms with Crippen molar-refractivity contribution in [1.82, 2.24) is 39.9 Å². The van der Waals surface area contributed by atoms with Crippen LogP contribution < -0.4 is 0 Å². The summed E-state index contributed by atoms with van der Waals surface area (Å²) in [5, 5.41) is 3.82. The first-order valence-corrected chi connectivity index (χ1v) is 17.5. The molecule has 8 aromatic rings. The molecule has 5 heterocycles. The van der Waals surface area contributed by atoms with Crippen molar-refractivity contribution >= 4 is 71.6 Å². The number of aromatic amines is 2. The van der Waals surface area contributed by atoms with Gasteiger partial charge in [0.15, 0.2) is 40.7 Å². The molecule has 5 aromatic carbocycles. The van der Waals surface area contributed by atoms with Gasteiger partial charge in [0.1, 0.15) is 22.6 Å². The molecule has 0 radical (unpaired) electrons. The van der Waals surface area contributed by atoms with E-state index in [0.717, 1.165) is 49.4 Å². The summed E-state index contributed by atoms with van der Waals surface area (Å²) in [6.45, 7) is 1.84. The van der Waals surface area contributed by atoms with Crippen LogP contribution in [-0.4, -0.2) is 70.2 Å². The van der Waals surface area contributed by atoms with Crippen LogP contribution in [0.15, 0.2) is 126 Å². The van der Waals surface area contributed by atoms with Crippen LogP contribution in [-0.2, 0) is 10.1 Å². The number of nitrogens with one attached hydrogen (secondary N) is 2. The topological polar surface area (TPSA) is 163 Å². The van der Waals surface area contributed by atoms with E-state index in [2.05, 4.69) is 9.97 Å². The Kier molecular flexibility index (Phi) is 8.20. The van der Waals surface area contributed by atoms with Crippen molar-refractivity contribution in [3.63, 3.8) is 0 Å². The molecule has 0 aliphatic carbocycles. The van der Waals surface area contributed by atoms with Gasteiger partial charge in [0.25, 0.3) is 10.1 Å². The van der Waals surface area contributed by atoms with E-state index < -0.39 is 10.1 Å². The van der Waals surface area contributed by atoms with E-state index in [4.69, 9.17) is 34.5 Å². The molecule has 0 saturated carbocycles. The summed E-state index contributed by atoms with van der Waals surface area (Å²) in [4.78, 5) is 36.7. The van der Waals surface area contributed by atoms with Gasteiger partial charge in [-0.1, -0.05) is 115 Å². The summed E-state index contributed by atoms with van der Waals surface area (Å²) in [5.74, 6) is 2.39. The van der Waals surface area contributed by atoms with E-state index in [1.807, 2.05) is 104 Å². The van der Waals surface area contributed by atoms with Gasteiger partial charge in [-0.05, 0) is 19.1 Å². The second-order valence-electron chi connectivity index (χ2n) is 12.1. The SMILES string of the molecule is Cc1ccc(S(=O)(=O)O)cc1.[AlH3].c1ccc2c(c1)-c1nc-2nc2[nH]c(nc3nc(nc4[nH]c(n1)c1ccccc41)-c1ccccc1-3)c1ccccc21. The lowest BCUT2D eigenvalue weighted by Gasteiger charge is -1.96. The normalized spacial score (nSPS) is 11.7. The zero-order chi connectivity index (χ0) is 34.7. The molecular formula is C39H29AlN8O3S. The Labute approximate surface area is 307 Å². The summed E-state index contributed by atoms with van der Waals surface area (Å²) >= 11 is 0. The second kappa shape index (κ2) is 12.9. The average Bonchev–Trinajstić information content (AvgIpc) is 3.88. The second-order valence-corrected chi connectivity index (χ2v) is 13.5. The summed E-state index contributed by atoms with van der Waals surface area (Å²) in [6, 6.07) is 38.2. The van der Waals surface area contributed by atoms with Crippen LogP contribution in [0.5, 0.6) is 0 Å². The molecule has 0 amide bonds. The highest BCUT2D eigenvalue weighted by Gasteiger charge is 2.21. The van der Waals surface area contributed by atoms with Crippen molar-refractivity contribution in [3.05, 3.63) is 127 Å². The summed E-state index contributed by atoms with van der Waals surface area (Å²) in [5.41, 5.74) is 7.40. The highest BCUT2D eigenvalue weighted by molar-refractivity contribution is 7.85. The molecule has 0 spiro atoms. The molecule has 52 heavy (non-hydrogen) atoms. The Morgan fingerprint density at radius 1 is 0.442 bits per heavy atom. The van der Waals surface area contributed by atoms with Crippen LogP contribution in [0, 0.1) is 6.92 Å². The first-order valence-electron chi connectivity index (χ1n) is 16.0. The van der Waals surface area contributed by atoms with Gasteiger partial charge in [-0.15, -0.1) is 0 Å². The van der Waals surface area contributed by atoms with Crippen LogP contribution >= 0.6 is 0 Å². The first-order chi connectivity index (χ1) is 24.8. The van der Waals surface area contributed by atoms with Gasteiger partial charge in [0.05, 0.1) is 4.90 Å². The molecule has 2 aliphatic heterocycles. The van der Waals surface area contributed by atoms with Gasteiger partial charge in [-0.3, -0.25) is 4.55 Å². The van der Waals surface area contributed by atoms with E-state index >= 15 is 0 Å². The van der Waals surface area contributed by atoms with Crippen LogP contribution in [0.3, 0.4) is 0 Å². The molecule has 252 valence electrons. The minimum atomic E-state index is -4.02. The predicted molar refractivity (Wildman–Crippen MR) is 207 cm³/mol. The van der Waals surface area contributed by atoms with E-state index in [1.165, 1.54) is 12.1 Å². The Morgan fingerprint density at radius 2 is 0.731 bits per heavy atom. The number of nitrogens with zero attached hydrogens (tertiary/aromatic N) is 6. The maximum atomic E-state index is 10.5. The third-order valence-electron chi connectivity index (χ3n) is 8.78. The number of rotatable bonds is 1. The number of aryl methyl sites for hydroxylation is 1. The molecule has 13 heteroatoms. The number of hydrogen-bond donors (Lipinski definition) is 3. The fourth-order valence-electron chi connectivity index (χ4n) is 6.30. The van der Waals surface area contributed by atoms with Gasteiger partial charge in [0, 0.05) is 43.8 Å². The molecule has 3 N–H and O–H groups in total. The molecule has 0 unspecified atom stereocenters. The Balaban J connectivity index is 0.000000280. The van der Waals surface area contributed by atoms with Crippen LogP contribution in [0.25, 0.3) is 89.7 Å². The predicted octanol–water partition coefficient (Wildman–Crippen LogP) is 6.93. The molecule has 11 nitrogen and oxygen atoms in total. The zero-order valence-electron chi connectivity index (χ0n) is 26.9.